The van der Waals surface area contributed by atoms with E-state index < -0.39 is 0 Å². The van der Waals surface area contributed by atoms with Gasteiger partial charge in [-0.1, -0.05) is 18.2 Å². The highest BCUT2D eigenvalue weighted by atomic mass is 16.3. The van der Waals surface area contributed by atoms with E-state index in [1.54, 1.807) is 6.20 Å². The summed E-state index contributed by atoms with van der Waals surface area (Å²) in [5.74, 6) is 7.20. The molecule has 0 radical (unpaired) electrons. The fourth-order valence-corrected chi connectivity index (χ4v) is 2.08. The topological polar surface area (TPSA) is 69.0 Å². The third-order valence-corrected chi connectivity index (χ3v) is 3.01. The van der Waals surface area contributed by atoms with Gasteiger partial charge in [-0.3, -0.25) is 5.84 Å². The number of hydrogen-bond donors (Lipinski definition) is 2. The van der Waals surface area contributed by atoms with Gasteiger partial charge >= 0.3 is 0 Å². The van der Waals surface area contributed by atoms with Gasteiger partial charge in [0.05, 0.1) is 0 Å². The Balaban J connectivity index is 2.09. The van der Waals surface area contributed by atoms with Gasteiger partial charge < -0.3 is 8.98 Å². The monoisotopic (exact) mass is 242 g/mol. The van der Waals surface area contributed by atoms with Crippen molar-refractivity contribution in [1.82, 2.24) is 15.0 Å². The molecule has 3 rings (SSSR count). The van der Waals surface area contributed by atoms with Crippen LogP contribution in [0.25, 0.3) is 11.0 Å². The molecular formula is C13H14N4O. The Hall–Kier alpha value is -2.11. The second kappa shape index (κ2) is 4.29. The molecule has 0 aliphatic heterocycles. The summed E-state index contributed by atoms with van der Waals surface area (Å²) in [5, 5.41) is 1.06. The van der Waals surface area contributed by atoms with Crippen molar-refractivity contribution >= 4 is 11.0 Å². The fourth-order valence-electron chi connectivity index (χ4n) is 2.08. The molecule has 3 aromatic rings. The normalized spacial score (nSPS) is 13.0. The molecule has 1 atom stereocenters. The van der Waals surface area contributed by atoms with Crippen LogP contribution in [0, 0.1) is 0 Å². The molecule has 0 spiro atoms. The fraction of sp³-hybridized carbons (Fsp3) is 0.154. The Morgan fingerprint density at radius 2 is 2.22 bits per heavy atom. The number of nitrogens with one attached hydrogen (secondary N) is 1. The molecular weight excluding hydrogens is 228 g/mol. The van der Waals surface area contributed by atoms with Gasteiger partial charge in [0, 0.05) is 24.8 Å². The van der Waals surface area contributed by atoms with Gasteiger partial charge in [-0.05, 0) is 12.1 Å². The second-order valence-corrected chi connectivity index (χ2v) is 4.18. The van der Waals surface area contributed by atoms with Crippen LogP contribution in [0.2, 0.25) is 0 Å². The smallest absolute Gasteiger partial charge is 0.137 e. The molecule has 0 aliphatic carbocycles. The number of furan rings is 1. The summed E-state index contributed by atoms with van der Waals surface area (Å²) in [4.78, 5) is 4.29. The lowest BCUT2D eigenvalue weighted by Gasteiger charge is -2.12. The molecule has 0 bridgehead atoms. The van der Waals surface area contributed by atoms with Crippen molar-refractivity contribution in [3.8, 4) is 0 Å². The van der Waals surface area contributed by atoms with Crippen LogP contribution in [0.3, 0.4) is 0 Å². The highest BCUT2D eigenvalue weighted by molar-refractivity contribution is 5.77. The van der Waals surface area contributed by atoms with E-state index in [0.29, 0.717) is 0 Å². The van der Waals surface area contributed by atoms with Crippen molar-refractivity contribution in [2.75, 3.05) is 0 Å². The first-order valence-corrected chi connectivity index (χ1v) is 5.71. The summed E-state index contributed by atoms with van der Waals surface area (Å²) in [6.45, 7) is 0. The first kappa shape index (κ1) is 11.0. The number of benzene rings is 1. The van der Waals surface area contributed by atoms with Crippen molar-refractivity contribution < 1.29 is 4.42 Å². The summed E-state index contributed by atoms with van der Waals surface area (Å²) in [7, 11) is 1.93. The summed E-state index contributed by atoms with van der Waals surface area (Å²) in [5.41, 5.74) is 3.59. The molecule has 0 saturated heterocycles. The van der Waals surface area contributed by atoms with E-state index in [-0.39, 0.29) is 6.04 Å². The molecule has 3 N–H and O–H groups in total. The van der Waals surface area contributed by atoms with Crippen LogP contribution in [-0.2, 0) is 7.05 Å². The third-order valence-electron chi connectivity index (χ3n) is 3.01. The molecule has 2 aromatic heterocycles. The van der Waals surface area contributed by atoms with Crippen molar-refractivity contribution in [1.29, 1.82) is 0 Å². The number of para-hydroxylation sites is 1. The van der Waals surface area contributed by atoms with E-state index in [0.717, 1.165) is 22.6 Å². The molecule has 0 aliphatic rings. The van der Waals surface area contributed by atoms with E-state index >= 15 is 0 Å². The van der Waals surface area contributed by atoms with E-state index in [2.05, 4.69) is 10.4 Å². The largest absolute Gasteiger partial charge is 0.459 e. The zero-order chi connectivity index (χ0) is 12.5. The summed E-state index contributed by atoms with van der Waals surface area (Å²) in [6.07, 6.45) is 3.62. The lowest BCUT2D eigenvalue weighted by molar-refractivity contribution is 0.457. The van der Waals surface area contributed by atoms with Crippen molar-refractivity contribution in [2.45, 2.75) is 6.04 Å². The average Bonchev–Trinajstić information content (AvgIpc) is 2.97. The molecule has 18 heavy (non-hydrogen) atoms. The number of rotatable bonds is 3. The first-order valence-electron chi connectivity index (χ1n) is 5.71. The number of hydrazine groups is 1. The van der Waals surface area contributed by atoms with Crippen LogP contribution in [0.5, 0.6) is 0 Å². The van der Waals surface area contributed by atoms with Gasteiger partial charge in [0.25, 0.3) is 0 Å². The first-order chi connectivity index (χ1) is 8.79. The van der Waals surface area contributed by atoms with Crippen LogP contribution in [0.15, 0.2) is 47.1 Å². The molecule has 0 amide bonds. The Morgan fingerprint density at radius 1 is 1.39 bits per heavy atom. The van der Waals surface area contributed by atoms with Gasteiger partial charge in [-0.15, -0.1) is 0 Å². The zero-order valence-corrected chi connectivity index (χ0v) is 10.00. The lowest BCUT2D eigenvalue weighted by Crippen LogP contribution is -2.30. The summed E-state index contributed by atoms with van der Waals surface area (Å²) in [6, 6.07) is 9.60. The molecule has 1 unspecified atom stereocenters. The standard InChI is InChI=1S/C13H14N4O/c1-17-7-6-15-13(17)12(16-14)11-8-9-4-2-3-5-10(9)18-11/h2-8,12,16H,14H2,1H3. The molecule has 1 aromatic carbocycles. The number of nitrogens with zero attached hydrogens (tertiary/aromatic N) is 2. The van der Waals surface area contributed by atoms with Gasteiger partial charge in [-0.2, -0.15) is 0 Å². The van der Waals surface area contributed by atoms with E-state index in [1.165, 1.54) is 0 Å². The molecule has 0 fully saturated rings. The number of fused-ring (bicyclic) bond motifs is 1. The molecule has 5 nitrogen and oxygen atoms in total. The second-order valence-electron chi connectivity index (χ2n) is 4.18. The lowest BCUT2D eigenvalue weighted by atomic mass is 10.2. The minimum absolute atomic E-state index is 0.252. The maximum Gasteiger partial charge on any atom is 0.137 e. The zero-order valence-electron chi connectivity index (χ0n) is 10.00. The summed E-state index contributed by atoms with van der Waals surface area (Å²) < 4.78 is 7.72. The quantitative estimate of drug-likeness (QED) is 0.542. The Labute approximate surface area is 104 Å². The van der Waals surface area contributed by atoms with Gasteiger partial charge in [0.15, 0.2) is 0 Å². The maximum atomic E-state index is 5.80. The predicted molar refractivity (Wildman–Crippen MR) is 68.6 cm³/mol. The van der Waals surface area contributed by atoms with Crippen LogP contribution in [-0.4, -0.2) is 9.55 Å². The SMILES string of the molecule is Cn1ccnc1C(NN)c1cc2ccccc2o1. The van der Waals surface area contributed by atoms with Gasteiger partial charge in [-0.25, -0.2) is 10.4 Å². The van der Waals surface area contributed by atoms with Gasteiger partial charge in [0.1, 0.15) is 23.2 Å². The van der Waals surface area contributed by atoms with Crippen LogP contribution < -0.4 is 11.3 Å². The number of nitrogens with two attached hydrogens (primary N) is 1. The highest BCUT2D eigenvalue weighted by Gasteiger charge is 2.20. The van der Waals surface area contributed by atoms with Crippen molar-refractivity contribution in [2.24, 2.45) is 12.9 Å². The number of imidazole rings is 1. The highest BCUT2D eigenvalue weighted by Crippen LogP contribution is 2.26. The molecule has 0 saturated carbocycles. The third kappa shape index (κ3) is 1.70. The van der Waals surface area contributed by atoms with Gasteiger partial charge in [0.2, 0.25) is 0 Å². The molecule has 2 heterocycles. The van der Waals surface area contributed by atoms with Crippen molar-refractivity contribution in [3.63, 3.8) is 0 Å². The number of aromatic nitrogens is 2. The number of hydrogen-bond acceptors (Lipinski definition) is 4. The molecule has 92 valence electrons. The average molecular weight is 242 g/mol. The molecule has 5 heteroatoms. The van der Waals surface area contributed by atoms with Crippen LogP contribution in [0.4, 0.5) is 0 Å². The van der Waals surface area contributed by atoms with Crippen LogP contribution in [0.1, 0.15) is 17.6 Å². The van der Waals surface area contributed by atoms with E-state index in [4.69, 9.17) is 10.3 Å². The minimum Gasteiger partial charge on any atom is -0.459 e. The minimum atomic E-state index is -0.252. The Bertz CT molecular complexity index is 637. The Morgan fingerprint density at radius 3 is 2.89 bits per heavy atom. The van der Waals surface area contributed by atoms with Crippen molar-refractivity contribution in [3.05, 3.63) is 54.3 Å². The van der Waals surface area contributed by atoms with Crippen LogP contribution >= 0.6 is 0 Å². The number of aryl methyl sites for hydroxylation is 1. The predicted octanol–water partition coefficient (Wildman–Crippen LogP) is 1.72. The van der Waals surface area contributed by atoms with E-state index in [1.807, 2.05) is 48.1 Å². The summed E-state index contributed by atoms with van der Waals surface area (Å²) >= 11 is 0. The van der Waals surface area contributed by atoms with E-state index in [9.17, 15) is 0 Å². The Kier molecular flexibility index (Phi) is 2.62. The maximum absolute atomic E-state index is 5.80.